The SMILES string of the molecule is Cn1ccnc1COc1ccc(C(=O)O)cc1. The van der Waals surface area contributed by atoms with Gasteiger partial charge in [0.1, 0.15) is 18.2 Å². The van der Waals surface area contributed by atoms with Gasteiger partial charge in [-0.3, -0.25) is 0 Å². The quantitative estimate of drug-likeness (QED) is 0.871. The summed E-state index contributed by atoms with van der Waals surface area (Å²) in [5.41, 5.74) is 0.245. The smallest absolute Gasteiger partial charge is 0.335 e. The normalized spacial score (nSPS) is 10.2. The summed E-state index contributed by atoms with van der Waals surface area (Å²) >= 11 is 0. The lowest BCUT2D eigenvalue weighted by Crippen LogP contribution is -2.03. The molecule has 5 nitrogen and oxygen atoms in total. The molecule has 0 aliphatic rings. The number of carboxylic acids is 1. The number of rotatable bonds is 4. The van der Waals surface area contributed by atoms with Crippen molar-refractivity contribution in [2.24, 2.45) is 7.05 Å². The third-order valence-electron chi connectivity index (χ3n) is 2.39. The molecular formula is C12H12N2O3. The summed E-state index contributed by atoms with van der Waals surface area (Å²) in [6.45, 7) is 0.357. The van der Waals surface area contributed by atoms with E-state index in [0.717, 1.165) is 5.82 Å². The maximum Gasteiger partial charge on any atom is 0.335 e. The highest BCUT2D eigenvalue weighted by atomic mass is 16.5. The molecule has 0 spiro atoms. The number of nitrogens with zero attached hydrogens (tertiary/aromatic N) is 2. The van der Waals surface area contributed by atoms with Crippen LogP contribution in [0.5, 0.6) is 5.75 Å². The highest BCUT2D eigenvalue weighted by Crippen LogP contribution is 2.13. The molecule has 2 aromatic rings. The summed E-state index contributed by atoms with van der Waals surface area (Å²) in [6, 6.07) is 6.28. The average molecular weight is 232 g/mol. The fourth-order valence-electron chi connectivity index (χ4n) is 1.38. The minimum atomic E-state index is -0.944. The molecule has 88 valence electrons. The third-order valence-corrected chi connectivity index (χ3v) is 2.39. The second kappa shape index (κ2) is 4.69. The van der Waals surface area contributed by atoms with E-state index in [1.54, 1.807) is 18.3 Å². The summed E-state index contributed by atoms with van der Waals surface area (Å²) in [5.74, 6) is 0.492. The Morgan fingerprint density at radius 1 is 1.41 bits per heavy atom. The molecule has 0 amide bonds. The maximum absolute atomic E-state index is 10.6. The number of imidazole rings is 1. The molecule has 0 radical (unpaired) electrons. The summed E-state index contributed by atoms with van der Waals surface area (Å²) in [7, 11) is 1.89. The van der Waals surface area contributed by atoms with Crippen molar-refractivity contribution in [1.29, 1.82) is 0 Å². The van der Waals surface area contributed by atoms with Gasteiger partial charge in [-0.05, 0) is 24.3 Å². The molecule has 0 aliphatic carbocycles. The lowest BCUT2D eigenvalue weighted by molar-refractivity contribution is 0.0697. The minimum absolute atomic E-state index is 0.245. The molecule has 1 N–H and O–H groups in total. The van der Waals surface area contributed by atoms with Crippen LogP contribution in [-0.4, -0.2) is 20.6 Å². The van der Waals surface area contributed by atoms with Crippen LogP contribution >= 0.6 is 0 Å². The number of aryl methyl sites for hydroxylation is 1. The van der Waals surface area contributed by atoms with E-state index in [2.05, 4.69) is 4.98 Å². The molecular weight excluding hydrogens is 220 g/mol. The first-order valence-corrected chi connectivity index (χ1v) is 5.09. The van der Waals surface area contributed by atoms with Gasteiger partial charge in [-0.25, -0.2) is 9.78 Å². The van der Waals surface area contributed by atoms with Crippen LogP contribution in [0.1, 0.15) is 16.2 Å². The Morgan fingerprint density at radius 2 is 2.12 bits per heavy atom. The molecule has 1 heterocycles. The van der Waals surface area contributed by atoms with Gasteiger partial charge in [0.25, 0.3) is 0 Å². The van der Waals surface area contributed by atoms with Crippen molar-refractivity contribution in [3.8, 4) is 5.75 Å². The zero-order valence-electron chi connectivity index (χ0n) is 9.33. The molecule has 0 unspecified atom stereocenters. The van der Waals surface area contributed by atoms with Gasteiger partial charge in [0.15, 0.2) is 0 Å². The van der Waals surface area contributed by atoms with Crippen LogP contribution < -0.4 is 4.74 Å². The molecule has 1 aromatic carbocycles. The van der Waals surface area contributed by atoms with E-state index in [4.69, 9.17) is 9.84 Å². The van der Waals surface area contributed by atoms with Crippen molar-refractivity contribution in [3.05, 3.63) is 48.0 Å². The Labute approximate surface area is 98.3 Å². The van der Waals surface area contributed by atoms with Gasteiger partial charge in [-0.2, -0.15) is 0 Å². The predicted octanol–water partition coefficient (Wildman–Crippen LogP) is 1.70. The molecule has 0 bridgehead atoms. The molecule has 0 saturated heterocycles. The highest BCUT2D eigenvalue weighted by molar-refractivity contribution is 5.87. The molecule has 0 aliphatic heterocycles. The van der Waals surface area contributed by atoms with Gasteiger partial charge in [-0.15, -0.1) is 0 Å². The average Bonchev–Trinajstić information content (AvgIpc) is 2.73. The van der Waals surface area contributed by atoms with Gasteiger partial charge in [0.05, 0.1) is 5.56 Å². The Kier molecular flexibility index (Phi) is 3.09. The molecule has 5 heteroatoms. The largest absolute Gasteiger partial charge is 0.486 e. The van der Waals surface area contributed by atoms with Crippen LogP contribution in [-0.2, 0) is 13.7 Å². The van der Waals surface area contributed by atoms with Crippen molar-refractivity contribution in [2.45, 2.75) is 6.61 Å². The van der Waals surface area contributed by atoms with Crippen molar-refractivity contribution in [1.82, 2.24) is 9.55 Å². The summed E-state index contributed by atoms with van der Waals surface area (Å²) in [4.78, 5) is 14.8. The molecule has 2 rings (SSSR count). The van der Waals surface area contributed by atoms with Crippen LogP contribution in [0.4, 0.5) is 0 Å². The van der Waals surface area contributed by atoms with Crippen molar-refractivity contribution < 1.29 is 14.6 Å². The molecule has 0 atom stereocenters. The standard InChI is InChI=1S/C12H12N2O3/c1-14-7-6-13-11(14)8-17-10-4-2-9(3-5-10)12(15)16/h2-7H,8H2,1H3,(H,15,16). The fourth-order valence-corrected chi connectivity index (χ4v) is 1.38. The van der Waals surface area contributed by atoms with Gasteiger partial charge in [0.2, 0.25) is 0 Å². The molecule has 17 heavy (non-hydrogen) atoms. The lowest BCUT2D eigenvalue weighted by Gasteiger charge is -2.06. The summed E-state index contributed by atoms with van der Waals surface area (Å²) in [6.07, 6.45) is 3.54. The predicted molar refractivity (Wildman–Crippen MR) is 60.9 cm³/mol. The van der Waals surface area contributed by atoms with E-state index in [1.165, 1.54) is 12.1 Å². The molecule has 0 saturated carbocycles. The first-order valence-electron chi connectivity index (χ1n) is 5.09. The van der Waals surface area contributed by atoms with Gasteiger partial charge < -0.3 is 14.4 Å². The van der Waals surface area contributed by atoms with E-state index in [-0.39, 0.29) is 5.56 Å². The van der Waals surface area contributed by atoms with E-state index < -0.39 is 5.97 Å². The second-order valence-corrected chi connectivity index (χ2v) is 3.57. The van der Waals surface area contributed by atoms with Gasteiger partial charge in [-0.1, -0.05) is 0 Å². The minimum Gasteiger partial charge on any atom is -0.486 e. The lowest BCUT2D eigenvalue weighted by atomic mass is 10.2. The van der Waals surface area contributed by atoms with Gasteiger partial charge >= 0.3 is 5.97 Å². The first kappa shape index (κ1) is 11.2. The van der Waals surface area contributed by atoms with Crippen molar-refractivity contribution in [3.63, 3.8) is 0 Å². The van der Waals surface area contributed by atoms with Crippen molar-refractivity contribution >= 4 is 5.97 Å². The number of ether oxygens (including phenoxy) is 1. The van der Waals surface area contributed by atoms with Gasteiger partial charge in [0, 0.05) is 19.4 Å². The van der Waals surface area contributed by atoms with E-state index in [1.807, 2.05) is 17.8 Å². The van der Waals surface area contributed by atoms with Crippen LogP contribution in [0.15, 0.2) is 36.7 Å². The third kappa shape index (κ3) is 2.63. The number of hydrogen-bond acceptors (Lipinski definition) is 3. The highest BCUT2D eigenvalue weighted by Gasteiger charge is 2.03. The maximum atomic E-state index is 10.6. The number of aromatic nitrogens is 2. The monoisotopic (exact) mass is 232 g/mol. The number of carboxylic acid groups (broad SMARTS) is 1. The van der Waals surface area contributed by atoms with Crippen LogP contribution in [0.3, 0.4) is 0 Å². The van der Waals surface area contributed by atoms with E-state index >= 15 is 0 Å². The zero-order chi connectivity index (χ0) is 12.3. The second-order valence-electron chi connectivity index (χ2n) is 3.57. The Bertz CT molecular complexity index is 517. The van der Waals surface area contributed by atoms with Crippen molar-refractivity contribution in [2.75, 3.05) is 0 Å². The Balaban J connectivity index is 2.00. The summed E-state index contributed by atoms with van der Waals surface area (Å²) < 4.78 is 7.36. The Morgan fingerprint density at radius 3 is 2.65 bits per heavy atom. The number of aromatic carboxylic acids is 1. The molecule has 0 fully saturated rings. The van der Waals surface area contributed by atoms with Crippen LogP contribution in [0, 0.1) is 0 Å². The summed E-state index contributed by atoms with van der Waals surface area (Å²) in [5, 5.41) is 8.74. The van der Waals surface area contributed by atoms with Crippen LogP contribution in [0.2, 0.25) is 0 Å². The van der Waals surface area contributed by atoms with Crippen LogP contribution in [0.25, 0.3) is 0 Å². The fraction of sp³-hybridized carbons (Fsp3) is 0.167. The molecule has 1 aromatic heterocycles. The van der Waals surface area contributed by atoms with E-state index in [9.17, 15) is 4.79 Å². The number of carbonyl (C=O) groups is 1. The van der Waals surface area contributed by atoms with E-state index in [0.29, 0.717) is 12.4 Å². The first-order chi connectivity index (χ1) is 8.16. The number of hydrogen-bond donors (Lipinski definition) is 1. The number of benzene rings is 1. The topological polar surface area (TPSA) is 64.4 Å². The zero-order valence-corrected chi connectivity index (χ0v) is 9.33. The Hall–Kier alpha value is -2.30.